The van der Waals surface area contributed by atoms with Crippen molar-refractivity contribution < 1.29 is 14.6 Å². The Labute approximate surface area is 150 Å². The van der Waals surface area contributed by atoms with E-state index in [0.717, 1.165) is 50.4 Å². The number of aliphatic hydroxyl groups excluding tert-OH is 1. The van der Waals surface area contributed by atoms with Gasteiger partial charge in [-0.05, 0) is 50.5 Å². The average molecular weight is 361 g/mol. The second-order valence-corrected chi connectivity index (χ2v) is 9.97. The highest BCUT2D eigenvalue weighted by molar-refractivity contribution is 8.18. The summed E-state index contributed by atoms with van der Waals surface area (Å²) >= 11 is 4.05. The lowest BCUT2D eigenvalue weighted by molar-refractivity contribution is -0.141. The van der Waals surface area contributed by atoms with Crippen molar-refractivity contribution in [2.45, 2.75) is 74.8 Å². The van der Waals surface area contributed by atoms with Gasteiger partial charge in [0.2, 0.25) is 0 Å². The van der Waals surface area contributed by atoms with Gasteiger partial charge in [-0.1, -0.05) is 26.0 Å². The zero-order chi connectivity index (χ0) is 16.8. The van der Waals surface area contributed by atoms with Gasteiger partial charge in [-0.2, -0.15) is 0 Å². The Morgan fingerprint density at radius 2 is 1.91 bits per heavy atom. The Morgan fingerprint density at radius 3 is 2.57 bits per heavy atom. The molecule has 2 saturated heterocycles. The van der Waals surface area contributed by atoms with E-state index in [9.17, 15) is 5.11 Å². The normalized spacial score (nSPS) is 34.8. The third-order valence-electron chi connectivity index (χ3n) is 4.77. The molecule has 0 spiro atoms. The van der Waals surface area contributed by atoms with E-state index in [0.29, 0.717) is 0 Å². The number of aliphatic hydroxyl groups is 1. The van der Waals surface area contributed by atoms with Crippen molar-refractivity contribution in [3.8, 4) is 0 Å². The average Bonchev–Trinajstić information content (AvgIpc) is 2.53. The molecule has 0 aromatic carbocycles. The van der Waals surface area contributed by atoms with Crippen LogP contribution in [0.3, 0.4) is 0 Å². The van der Waals surface area contributed by atoms with E-state index in [-0.39, 0.29) is 16.3 Å². The standard InChI is InChI=1S/C18H32O3S2/c1-4-22-18(23-5-2)12-8-13-20-16(18)10-6-11-17(3)15(19)9-7-14-21-17/h6,10,15-16,19H,4-5,7-9,11-14H2,1-3H3/b10-6-/t15-,16-,17+/m1/s1. The molecule has 2 rings (SSSR count). The van der Waals surface area contributed by atoms with Crippen LogP contribution in [0.25, 0.3) is 0 Å². The van der Waals surface area contributed by atoms with E-state index in [4.69, 9.17) is 9.47 Å². The van der Waals surface area contributed by atoms with Gasteiger partial charge in [0.25, 0.3) is 0 Å². The Morgan fingerprint density at radius 1 is 1.17 bits per heavy atom. The molecule has 134 valence electrons. The molecule has 0 aromatic heterocycles. The molecule has 0 unspecified atom stereocenters. The Balaban J connectivity index is 2.02. The Bertz CT molecular complexity index is 377. The molecular formula is C18H32O3S2. The highest BCUT2D eigenvalue weighted by Crippen LogP contribution is 2.48. The Kier molecular flexibility index (Phi) is 7.80. The van der Waals surface area contributed by atoms with Crippen molar-refractivity contribution in [3.05, 3.63) is 12.2 Å². The van der Waals surface area contributed by atoms with Crippen LogP contribution in [0.2, 0.25) is 0 Å². The van der Waals surface area contributed by atoms with E-state index in [1.54, 1.807) is 0 Å². The zero-order valence-corrected chi connectivity index (χ0v) is 16.4. The maximum absolute atomic E-state index is 10.2. The van der Waals surface area contributed by atoms with E-state index in [1.807, 2.05) is 30.4 Å². The molecule has 0 bridgehead atoms. The topological polar surface area (TPSA) is 38.7 Å². The lowest BCUT2D eigenvalue weighted by Crippen LogP contribution is -2.45. The van der Waals surface area contributed by atoms with Gasteiger partial charge in [-0.25, -0.2) is 0 Å². The summed E-state index contributed by atoms with van der Waals surface area (Å²) in [6.45, 7) is 8.08. The molecule has 2 aliphatic rings. The first-order valence-electron chi connectivity index (χ1n) is 8.94. The molecule has 2 fully saturated rings. The SMILES string of the molecule is CCSC1(SCC)CCCO[C@@H]1/C=C\C[C@]1(C)OCCC[C@H]1O. The van der Waals surface area contributed by atoms with E-state index in [1.165, 1.54) is 6.42 Å². The zero-order valence-electron chi connectivity index (χ0n) is 14.8. The van der Waals surface area contributed by atoms with Crippen molar-refractivity contribution in [2.24, 2.45) is 0 Å². The minimum Gasteiger partial charge on any atom is -0.390 e. The van der Waals surface area contributed by atoms with E-state index >= 15 is 0 Å². The van der Waals surface area contributed by atoms with Crippen molar-refractivity contribution in [1.82, 2.24) is 0 Å². The summed E-state index contributed by atoms with van der Waals surface area (Å²) in [5.41, 5.74) is -0.443. The minimum atomic E-state index is -0.443. The van der Waals surface area contributed by atoms with Crippen LogP contribution in [0.4, 0.5) is 0 Å². The summed E-state index contributed by atoms with van der Waals surface area (Å²) in [4.78, 5) is 0. The highest BCUT2D eigenvalue weighted by atomic mass is 32.2. The number of ether oxygens (including phenoxy) is 2. The first kappa shape index (κ1) is 19.6. The molecule has 5 heteroatoms. The van der Waals surface area contributed by atoms with Crippen molar-refractivity contribution in [3.63, 3.8) is 0 Å². The van der Waals surface area contributed by atoms with Crippen LogP contribution < -0.4 is 0 Å². The monoisotopic (exact) mass is 360 g/mol. The van der Waals surface area contributed by atoms with E-state index < -0.39 is 5.60 Å². The molecule has 0 saturated carbocycles. The van der Waals surface area contributed by atoms with Gasteiger partial charge in [0.05, 0.1) is 21.9 Å². The maximum Gasteiger partial charge on any atom is 0.0993 e. The number of thioether (sulfide) groups is 2. The van der Waals surface area contributed by atoms with Crippen molar-refractivity contribution in [1.29, 1.82) is 0 Å². The molecule has 0 radical (unpaired) electrons. The van der Waals surface area contributed by atoms with Crippen LogP contribution in [-0.4, -0.2) is 51.7 Å². The molecule has 23 heavy (non-hydrogen) atoms. The smallest absolute Gasteiger partial charge is 0.0993 e. The van der Waals surface area contributed by atoms with Crippen LogP contribution in [0.1, 0.15) is 52.9 Å². The van der Waals surface area contributed by atoms with Gasteiger partial charge >= 0.3 is 0 Å². The predicted molar refractivity (Wildman–Crippen MR) is 101 cm³/mol. The largest absolute Gasteiger partial charge is 0.390 e. The highest BCUT2D eigenvalue weighted by Gasteiger charge is 2.41. The fraction of sp³-hybridized carbons (Fsp3) is 0.889. The summed E-state index contributed by atoms with van der Waals surface area (Å²) in [5.74, 6) is 2.22. The van der Waals surface area contributed by atoms with Gasteiger partial charge < -0.3 is 14.6 Å². The minimum absolute atomic E-state index is 0.144. The summed E-state index contributed by atoms with van der Waals surface area (Å²) < 4.78 is 12.1. The van der Waals surface area contributed by atoms with Crippen LogP contribution in [0.5, 0.6) is 0 Å². The second-order valence-electron chi connectivity index (χ2n) is 6.52. The van der Waals surface area contributed by atoms with Crippen LogP contribution >= 0.6 is 23.5 Å². The van der Waals surface area contributed by atoms with Crippen LogP contribution in [0, 0.1) is 0 Å². The molecule has 0 aromatic rings. The molecule has 1 N–H and O–H groups in total. The maximum atomic E-state index is 10.2. The molecule has 0 amide bonds. The lowest BCUT2D eigenvalue weighted by Gasteiger charge is -2.42. The molecule has 2 heterocycles. The predicted octanol–water partition coefficient (Wildman–Crippen LogP) is 4.24. The first-order chi connectivity index (χ1) is 11.1. The van der Waals surface area contributed by atoms with Gasteiger partial charge in [0.1, 0.15) is 0 Å². The summed E-state index contributed by atoms with van der Waals surface area (Å²) in [6.07, 6.45) is 9.06. The molecule has 3 nitrogen and oxygen atoms in total. The summed E-state index contributed by atoms with van der Waals surface area (Å²) in [7, 11) is 0. The molecule has 0 aliphatic carbocycles. The quantitative estimate of drug-likeness (QED) is 0.543. The summed E-state index contributed by atoms with van der Waals surface area (Å²) in [6, 6.07) is 0. The van der Waals surface area contributed by atoms with Gasteiger partial charge in [0.15, 0.2) is 0 Å². The van der Waals surface area contributed by atoms with Gasteiger partial charge in [-0.15, -0.1) is 23.5 Å². The van der Waals surface area contributed by atoms with Gasteiger partial charge in [-0.3, -0.25) is 0 Å². The molecule has 3 atom stereocenters. The summed E-state index contributed by atoms with van der Waals surface area (Å²) in [5, 5.41) is 10.2. The molecular weight excluding hydrogens is 328 g/mol. The number of rotatable bonds is 7. The third-order valence-corrected chi connectivity index (χ3v) is 7.91. The van der Waals surface area contributed by atoms with Crippen LogP contribution in [-0.2, 0) is 9.47 Å². The number of hydrogen-bond donors (Lipinski definition) is 1. The fourth-order valence-electron chi connectivity index (χ4n) is 3.44. The number of hydrogen-bond acceptors (Lipinski definition) is 5. The van der Waals surface area contributed by atoms with Crippen LogP contribution in [0.15, 0.2) is 12.2 Å². The third kappa shape index (κ3) is 4.91. The Hall–Kier alpha value is 0.320. The van der Waals surface area contributed by atoms with Gasteiger partial charge in [0, 0.05) is 13.2 Å². The molecule has 2 aliphatic heterocycles. The van der Waals surface area contributed by atoms with E-state index in [2.05, 4.69) is 26.0 Å². The fourth-order valence-corrected chi connectivity index (χ4v) is 6.66. The van der Waals surface area contributed by atoms with Crippen molar-refractivity contribution in [2.75, 3.05) is 24.7 Å². The van der Waals surface area contributed by atoms with Crippen molar-refractivity contribution >= 4 is 23.5 Å². The first-order valence-corrected chi connectivity index (χ1v) is 10.9. The lowest BCUT2D eigenvalue weighted by atomic mass is 9.89. The second kappa shape index (κ2) is 9.14.